The topological polar surface area (TPSA) is 21.3 Å². The Bertz CT molecular complexity index is 601. The molecule has 0 spiro atoms. The van der Waals surface area contributed by atoms with Crippen LogP contribution in [0.2, 0.25) is 5.02 Å². The summed E-state index contributed by atoms with van der Waals surface area (Å²) in [7, 11) is 0. The van der Waals surface area contributed by atoms with E-state index in [4.69, 9.17) is 16.3 Å². The molecule has 0 atom stereocenters. The Labute approximate surface area is 133 Å². The highest BCUT2D eigenvalue weighted by Gasteiger charge is 2.06. The molecule has 0 fully saturated rings. The van der Waals surface area contributed by atoms with Gasteiger partial charge in [0.15, 0.2) is 0 Å². The molecule has 2 rings (SSSR count). The van der Waals surface area contributed by atoms with Crippen LogP contribution in [0.25, 0.3) is 0 Å². The van der Waals surface area contributed by atoms with E-state index in [1.165, 1.54) is 5.56 Å². The van der Waals surface area contributed by atoms with Crippen molar-refractivity contribution in [1.29, 1.82) is 0 Å². The fourth-order valence-corrected chi connectivity index (χ4v) is 2.51. The summed E-state index contributed by atoms with van der Waals surface area (Å²) in [4.78, 5) is 0. The van der Waals surface area contributed by atoms with Crippen LogP contribution in [0.3, 0.4) is 0 Å². The summed E-state index contributed by atoms with van der Waals surface area (Å²) < 4.78 is 6.68. The predicted molar refractivity (Wildman–Crippen MR) is 88.8 cm³/mol. The van der Waals surface area contributed by atoms with Gasteiger partial charge in [-0.25, -0.2) is 0 Å². The van der Waals surface area contributed by atoms with Gasteiger partial charge in [0.1, 0.15) is 5.75 Å². The van der Waals surface area contributed by atoms with Crippen molar-refractivity contribution >= 4 is 33.2 Å². The van der Waals surface area contributed by atoms with Crippen LogP contribution in [0.1, 0.15) is 18.1 Å². The summed E-state index contributed by atoms with van der Waals surface area (Å²) in [6.45, 7) is 5.34. The zero-order valence-electron chi connectivity index (χ0n) is 11.5. The molecule has 0 unspecified atom stereocenters. The SMILES string of the molecule is CCOc1cc(C)ccc1NCc1cc(Br)ccc1Cl. The van der Waals surface area contributed by atoms with Crippen molar-refractivity contribution in [3.05, 3.63) is 57.0 Å². The van der Waals surface area contributed by atoms with Crippen LogP contribution >= 0.6 is 27.5 Å². The summed E-state index contributed by atoms with van der Waals surface area (Å²) in [5.41, 5.74) is 3.21. The molecule has 0 heterocycles. The number of benzene rings is 2. The second-order valence-corrected chi connectivity index (χ2v) is 5.84. The second-order valence-electron chi connectivity index (χ2n) is 4.52. The predicted octanol–water partition coefficient (Wildman–Crippen LogP) is 5.42. The molecule has 1 N–H and O–H groups in total. The van der Waals surface area contributed by atoms with Crippen LogP contribution in [0.15, 0.2) is 40.9 Å². The third-order valence-electron chi connectivity index (χ3n) is 2.91. The molecule has 0 aliphatic rings. The molecule has 0 aliphatic heterocycles. The van der Waals surface area contributed by atoms with E-state index in [2.05, 4.69) is 34.2 Å². The molecule has 0 saturated carbocycles. The van der Waals surface area contributed by atoms with Crippen LogP contribution in [0.4, 0.5) is 5.69 Å². The Morgan fingerprint density at radius 1 is 1.20 bits per heavy atom. The van der Waals surface area contributed by atoms with Crippen molar-refractivity contribution in [2.75, 3.05) is 11.9 Å². The number of aryl methyl sites for hydroxylation is 1. The highest BCUT2D eigenvalue weighted by molar-refractivity contribution is 9.10. The summed E-state index contributed by atoms with van der Waals surface area (Å²) in [6, 6.07) is 12.0. The third kappa shape index (κ3) is 3.90. The van der Waals surface area contributed by atoms with E-state index in [0.29, 0.717) is 13.2 Å². The molecule has 2 aromatic carbocycles. The smallest absolute Gasteiger partial charge is 0.142 e. The maximum atomic E-state index is 6.20. The summed E-state index contributed by atoms with van der Waals surface area (Å²) in [6.07, 6.45) is 0. The van der Waals surface area contributed by atoms with Gasteiger partial charge in [-0.1, -0.05) is 33.6 Å². The van der Waals surface area contributed by atoms with Crippen LogP contribution < -0.4 is 10.1 Å². The lowest BCUT2D eigenvalue weighted by Crippen LogP contribution is -2.03. The molecule has 0 saturated heterocycles. The average molecular weight is 355 g/mol. The Kier molecular flexibility index (Phi) is 5.32. The highest BCUT2D eigenvalue weighted by atomic mass is 79.9. The number of hydrogen-bond acceptors (Lipinski definition) is 2. The van der Waals surface area contributed by atoms with Gasteiger partial charge in [-0.3, -0.25) is 0 Å². The van der Waals surface area contributed by atoms with Gasteiger partial charge in [0.2, 0.25) is 0 Å². The Morgan fingerprint density at radius 2 is 2.00 bits per heavy atom. The Hall–Kier alpha value is -1.19. The van der Waals surface area contributed by atoms with Gasteiger partial charge in [0.05, 0.1) is 12.3 Å². The van der Waals surface area contributed by atoms with Gasteiger partial charge in [0.25, 0.3) is 0 Å². The largest absolute Gasteiger partial charge is 0.492 e. The molecule has 0 radical (unpaired) electrons. The van der Waals surface area contributed by atoms with E-state index in [1.807, 2.05) is 37.3 Å². The second kappa shape index (κ2) is 7.00. The van der Waals surface area contributed by atoms with Gasteiger partial charge in [0, 0.05) is 16.0 Å². The lowest BCUT2D eigenvalue weighted by atomic mass is 10.2. The number of ether oxygens (including phenoxy) is 1. The van der Waals surface area contributed by atoms with Crippen molar-refractivity contribution in [2.24, 2.45) is 0 Å². The first-order chi connectivity index (χ1) is 9.60. The maximum Gasteiger partial charge on any atom is 0.142 e. The van der Waals surface area contributed by atoms with Gasteiger partial charge < -0.3 is 10.1 Å². The number of hydrogen-bond donors (Lipinski definition) is 1. The Balaban J connectivity index is 2.16. The van der Waals surface area contributed by atoms with Crippen LogP contribution in [0.5, 0.6) is 5.75 Å². The van der Waals surface area contributed by atoms with E-state index >= 15 is 0 Å². The standard InChI is InChI=1S/C16H17BrClNO/c1-3-20-16-8-11(2)4-7-15(16)19-10-12-9-13(17)5-6-14(12)18/h4-9,19H,3,10H2,1-2H3. The number of halogens is 2. The number of anilines is 1. The van der Waals surface area contributed by atoms with E-state index in [-0.39, 0.29) is 0 Å². The quantitative estimate of drug-likeness (QED) is 0.774. The zero-order chi connectivity index (χ0) is 14.5. The molecule has 20 heavy (non-hydrogen) atoms. The lowest BCUT2D eigenvalue weighted by Gasteiger charge is -2.14. The third-order valence-corrected chi connectivity index (χ3v) is 3.78. The van der Waals surface area contributed by atoms with Gasteiger partial charge >= 0.3 is 0 Å². The molecule has 0 amide bonds. The van der Waals surface area contributed by atoms with E-state index in [1.54, 1.807) is 0 Å². The van der Waals surface area contributed by atoms with E-state index < -0.39 is 0 Å². The van der Waals surface area contributed by atoms with Crippen molar-refractivity contribution in [3.63, 3.8) is 0 Å². The van der Waals surface area contributed by atoms with Gasteiger partial charge in [-0.05, 0) is 55.3 Å². The lowest BCUT2D eigenvalue weighted by molar-refractivity contribution is 0.341. The summed E-state index contributed by atoms with van der Waals surface area (Å²) in [5.74, 6) is 0.874. The molecule has 106 valence electrons. The minimum Gasteiger partial charge on any atom is -0.492 e. The molecular weight excluding hydrogens is 338 g/mol. The zero-order valence-corrected chi connectivity index (χ0v) is 13.9. The molecule has 2 aromatic rings. The number of nitrogens with one attached hydrogen (secondary N) is 1. The van der Waals surface area contributed by atoms with E-state index in [9.17, 15) is 0 Å². The van der Waals surface area contributed by atoms with Crippen molar-refractivity contribution in [1.82, 2.24) is 0 Å². The molecule has 2 nitrogen and oxygen atoms in total. The van der Waals surface area contributed by atoms with Crippen molar-refractivity contribution in [2.45, 2.75) is 20.4 Å². The van der Waals surface area contributed by atoms with Crippen molar-refractivity contribution in [3.8, 4) is 5.75 Å². The van der Waals surface area contributed by atoms with Gasteiger partial charge in [-0.15, -0.1) is 0 Å². The normalized spacial score (nSPS) is 10.4. The average Bonchev–Trinajstić information content (AvgIpc) is 2.42. The molecule has 0 aromatic heterocycles. The molecule has 4 heteroatoms. The molecule has 0 bridgehead atoms. The molecule has 0 aliphatic carbocycles. The first kappa shape index (κ1) is 15.2. The monoisotopic (exact) mass is 353 g/mol. The van der Waals surface area contributed by atoms with Crippen LogP contribution in [0, 0.1) is 6.92 Å². The van der Waals surface area contributed by atoms with Crippen LogP contribution in [-0.4, -0.2) is 6.61 Å². The maximum absolute atomic E-state index is 6.20. The Morgan fingerprint density at radius 3 is 2.75 bits per heavy atom. The summed E-state index contributed by atoms with van der Waals surface area (Å²) >= 11 is 9.66. The first-order valence-corrected chi connectivity index (χ1v) is 7.68. The summed E-state index contributed by atoms with van der Waals surface area (Å²) in [5, 5.41) is 4.13. The fourth-order valence-electron chi connectivity index (χ4n) is 1.92. The van der Waals surface area contributed by atoms with Crippen LogP contribution in [-0.2, 0) is 6.54 Å². The highest BCUT2D eigenvalue weighted by Crippen LogP contribution is 2.28. The number of rotatable bonds is 5. The van der Waals surface area contributed by atoms with Gasteiger partial charge in [-0.2, -0.15) is 0 Å². The first-order valence-electron chi connectivity index (χ1n) is 6.51. The molecular formula is C16H17BrClNO. The fraction of sp³-hybridized carbons (Fsp3) is 0.250. The minimum atomic E-state index is 0.649. The minimum absolute atomic E-state index is 0.649. The van der Waals surface area contributed by atoms with Crippen molar-refractivity contribution < 1.29 is 4.74 Å². The van der Waals surface area contributed by atoms with E-state index in [0.717, 1.165) is 26.5 Å².